The molecular formula is C11H23N3O. The van der Waals surface area contributed by atoms with Gasteiger partial charge in [0.2, 0.25) is 5.91 Å². The van der Waals surface area contributed by atoms with Gasteiger partial charge in [0.05, 0.1) is 6.04 Å². The van der Waals surface area contributed by atoms with Crippen LogP contribution < -0.4 is 11.5 Å². The molecular weight excluding hydrogens is 190 g/mol. The number of amides is 1. The van der Waals surface area contributed by atoms with Gasteiger partial charge < -0.3 is 11.5 Å². The van der Waals surface area contributed by atoms with Gasteiger partial charge in [0, 0.05) is 0 Å². The van der Waals surface area contributed by atoms with E-state index in [0.717, 1.165) is 38.9 Å². The van der Waals surface area contributed by atoms with E-state index in [1.165, 1.54) is 0 Å². The number of primary amides is 1. The summed E-state index contributed by atoms with van der Waals surface area (Å²) >= 11 is 0. The van der Waals surface area contributed by atoms with Gasteiger partial charge in [0.1, 0.15) is 0 Å². The van der Waals surface area contributed by atoms with Gasteiger partial charge in [-0.2, -0.15) is 0 Å². The van der Waals surface area contributed by atoms with Gasteiger partial charge in [0.15, 0.2) is 0 Å². The first-order chi connectivity index (χ1) is 7.02. The molecule has 0 bridgehead atoms. The second-order valence-corrected chi connectivity index (χ2v) is 4.88. The van der Waals surface area contributed by atoms with Crippen LogP contribution in [0.2, 0.25) is 0 Å². The summed E-state index contributed by atoms with van der Waals surface area (Å²) in [6.07, 6.45) is 2.93. The van der Waals surface area contributed by atoms with E-state index >= 15 is 0 Å². The summed E-state index contributed by atoms with van der Waals surface area (Å²) in [4.78, 5) is 13.4. The summed E-state index contributed by atoms with van der Waals surface area (Å²) in [5.41, 5.74) is 11.4. The third-order valence-corrected chi connectivity index (χ3v) is 3.65. The van der Waals surface area contributed by atoms with Crippen molar-refractivity contribution in [3.63, 3.8) is 0 Å². The lowest BCUT2D eigenvalue weighted by molar-refractivity contribution is -0.124. The van der Waals surface area contributed by atoms with E-state index in [-0.39, 0.29) is 17.4 Å². The molecule has 0 aromatic heterocycles. The zero-order valence-corrected chi connectivity index (χ0v) is 9.83. The molecule has 88 valence electrons. The SMILES string of the molecule is CCC(C(N)=O)N1CCC(C)(CN)CC1. The van der Waals surface area contributed by atoms with Crippen LogP contribution in [0.1, 0.15) is 33.1 Å². The Morgan fingerprint density at radius 1 is 1.47 bits per heavy atom. The average Bonchev–Trinajstić information content (AvgIpc) is 2.22. The Bertz CT molecular complexity index is 222. The predicted octanol–water partition coefficient (Wildman–Crippen LogP) is 0.311. The maximum atomic E-state index is 11.2. The maximum Gasteiger partial charge on any atom is 0.234 e. The topological polar surface area (TPSA) is 72.4 Å². The number of nitrogens with zero attached hydrogens (tertiary/aromatic N) is 1. The highest BCUT2D eigenvalue weighted by Gasteiger charge is 2.32. The van der Waals surface area contributed by atoms with Crippen LogP contribution in [0.5, 0.6) is 0 Å². The Kier molecular flexibility index (Phi) is 4.11. The van der Waals surface area contributed by atoms with Gasteiger partial charge in [-0.25, -0.2) is 0 Å². The average molecular weight is 213 g/mol. The van der Waals surface area contributed by atoms with Crippen LogP contribution in [0.25, 0.3) is 0 Å². The summed E-state index contributed by atoms with van der Waals surface area (Å²) in [6.45, 7) is 6.83. The van der Waals surface area contributed by atoms with Gasteiger partial charge in [-0.15, -0.1) is 0 Å². The number of carbonyl (C=O) groups excluding carboxylic acids is 1. The summed E-state index contributed by atoms with van der Waals surface area (Å²) in [6, 6.07) is -0.0904. The van der Waals surface area contributed by atoms with Crippen molar-refractivity contribution in [2.45, 2.75) is 39.2 Å². The van der Waals surface area contributed by atoms with Crippen molar-refractivity contribution >= 4 is 5.91 Å². The summed E-state index contributed by atoms with van der Waals surface area (Å²) in [5, 5.41) is 0. The largest absolute Gasteiger partial charge is 0.368 e. The van der Waals surface area contributed by atoms with E-state index < -0.39 is 0 Å². The minimum Gasteiger partial charge on any atom is -0.368 e. The molecule has 1 fully saturated rings. The molecule has 1 aliphatic rings. The smallest absolute Gasteiger partial charge is 0.234 e. The fourth-order valence-electron chi connectivity index (χ4n) is 2.22. The predicted molar refractivity (Wildman–Crippen MR) is 61.2 cm³/mol. The molecule has 1 aliphatic heterocycles. The Labute approximate surface area is 92.0 Å². The quantitative estimate of drug-likeness (QED) is 0.706. The van der Waals surface area contributed by atoms with Crippen LogP contribution in [0, 0.1) is 5.41 Å². The number of nitrogens with two attached hydrogens (primary N) is 2. The summed E-state index contributed by atoms with van der Waals surface area (Å²) < 4.78 is 0. The molecule has 0 spiro atoms. The normalized spacial score (nSPS) is 23.7. The van der Waals surface area contributed by atoms with Crippen molar-refractivity contribution in [2.75, 3.05) is 19.6 Å². The van der Waals surface area contributed by atoms with Crippen molar-refractivity contribution in [2.24, 2.45) is 16.9 Å². The first kappa shape index (κ1) is 12.5. The van der Waals surface area contributed by atoms with Crippen LogP contribution >= 0.6 is 0 Å². The highest BCUT2D eigenvalue weighted by Crippen LogP contribution is 2.30. The second-order valence-electron chi connectivity index (χ2n) is 4.88. The van der Waals surface area contributed by atoms with Gasteiger partial charge in [0.25, 0.3) is 0 Å². The molecule has 15 heavy (non-hydrogen) atoms. The standard InChI is InChI=1S/C11H23N3O/c1-3-9(10(13)15)14-6-4-11(2,8-12)5-7-14/h9H,3-8,12H2,1-2H3,(H2,13,15). The first-order valence-electron chi connectivity index (χ1n) is 5.76. The second kappa shape index (κ2) is 4.94. The lowest BCUT2D eigenvalue weighted by Crippen LogP contribution is -2.50. The van der Waals surface area contributed by atoms with Crippen LogP contribution in [0.4, 0.5) is 0 Å². The molecule has 1 heterocycles. The van der Waals surface area contributed by atoms with Crippen molar-refractivity contribution in [1.29, 1.82) is 0 Å². The van der Waals surface area contributed by atoms with Gasteiger partial charge in [-0.05, 0) is 44.3 Å². The maximum absolute atomic E-state index is 11.2. The number of rotatable bonds is 4. The number of hydrogen-bond donors (Lipinski definition) is 2. The number of carbonyl (C=O) groups is 1. The minimum absolute atomic E-state index is 0.0904. The monoisotopic (exact) mass is 213 g/mol. The molecule has 4 nitrogen and oxygen atoms in total. The lowest BCUT2D eigenvalue weighted by Gasteiger charge is -2.41. The number of hydrogen-bond acceptors (Lipinski definition) is 3. The number of likely N-dealkylation sites (tertiary alicyclic amines) is 1. The molecule has 1 amide bonds. The van der Waals surface area contributed by atoms with Crippen molar-refractivity contribution in [3.8, 4) is 0 Å². The molecule has 0 aliphatic carbocycles. The van der Waals surface area contributed by atoms with E-state index in [1.54, 1.807) is 0 Å². The zero-order chi connectivity index (χ0) is 11.5. The number of piperidine rings is 1. The highest BCUT2D eigenvalue weighted by molar-refractivity contribution is 5.79. The first-order valence-corrected chi connectivity index (χ1v) is 5.76. The van der Waals surface area contributed by atoms with Crippen LogP contribution in [0.15, 0.2) is 0 Å². The molecule has 0 radical (unpaired) electrons. The molecule has 1 rings (SSSR count). The Morgan fingerprint density at radius 3 is 2.33 bits per heavy atom. The minimum atomic E-state index is -0.200. The summed E-state index contributed by atoms with van der Waals surface area (Å²) in [5.74, 6) is -0.200. The molecule has 0 saturated carbocycles. The molecule has 1 saturated heterocycles. The van der Waals surface area contributed by atoms with Gasteiger partial charge in [-0.1, -0.05) is 13.8 Å². The molecule has 1 atom stereocenters. The molecule has 0 aromatic rings. The van der Waals surface area contributed by atoms with Gasteiger partial charge in [-0.3, -0.25) is 9.69 Å². The van der Waals surface area contributed by atoms with E-state index in [9.17, 15) is 4.79 Å². The van der Waals surface area contributed by atoms with Crippen molar-refractivity contribution in [3.05, 3.63) is 0 Å². The zero-order valence-electron chi connectivity index (χ0n) is 9.83. The van der Waals surface area contributed by atoms with Crippen LogP contribution in [-0.2, 0) is 4.79 Å². The third-order valence-electron chi connectivity index (χ3n) is 3.65. The fraction of sp³-hybridized carbons (Fsp3) is 0.909. The lowest BCUT2D eigenvalue weighted by atomic mass is 9.80. The molecule has 1 unspecified atom stereocenters. The molecule has 0 aromatic carbocycles. The van der Waals surface area contributed by atoms with Crippen LogP contribution in [-0.4, -0.2) is 36.5 Å². The van der Waals surface area contributed by atoms with E-state index in [0.29, 0.717) is 0 Å². The van der Waals surface area contributed by atoms with E-state index in [1.807, 2.05) is 6.92 Å². The highest BCUT2D eigenvalue weighted by atomic mass is 16.1. The van der Waals surface area contributed by atoms with E-state index in [2.05, 4.69) is 11.8 Å². The van der Waals surface area contributed by atoms with Crippen LogP contribution in [0.3, 0.4) is 0 Å². The van der Waals surface area contributed by atoms with E-state index in [4.69, 9.17) is 11.5 Å². The Hall–Kier alpha value is -0.610. The Balaban J connectivity index is 2.52. The Morgan fingerprint density at radius 2 is 2.00 bits per heavy atom. The molecule has 4 N–H and O–H groups in total. The van der Waals surface area contributed by atoms with Gasteiger partial charge >= 0.3 is 0 Å². The summed E-state index contributed by atoms with van der Waals surface area (Å²) in [7, 11) is 0. The van der Waals surface area contributed by atoms with Crippen molar-refractivity contribution < 1.29 is 4.79 Å². The fourth-order valence-corrected chi connectivity index (χ4v) is 2.22. The van der Waals surface area contributed by atoms with Crippen molar-refractivity contribution in [1.82, 2.24) is 4.90 Å². The molecule has 4 heteroatoms. The third kappa shape index (κ3) is 2.92.